The quantitative estimate of drug-likeness (QED) is 0.769. The number of aromatic amines is 1. The highest BCUT2D eigenvalue weighted by molar-refractivity contribution is 5.84. The van der Waals surface area contributed by atoms with Gasteiger partial charge in [-0.3, -0.25) is 4.98 Å². The molecule has 3 N–H and O–H groups in total. The highest BCUT2D eigenvalue weighted by atomic mass is 16.5. The number of aromatic nitrogens is 2. The zero-order valence-electron chi connectivity index (χ0n) is 12.1. The van der Waals surface area contributed by atoms with Crippen LogP contribution in [-0.2, 0) is 0 Å². The number of benzene rings is 1. The topological polar surface area (TPSA) is 63.9 Å². The van der Waals surface area contributed by atoms with Crippen molar-refractivity contribution in [2.24, 2.45) is 0 Å². The lowest BCUT2D eigenvalue weighted by molar-refractivity contribution is 0.415. The SMILES string of the molecule is COc1ccc(-c2cc(N)[nH]c2-c2ccnc(C)c2)cc1. The van der Waals surface area contributed by atoms with Crippen molar-refractivity contribution in [3.8, 4) is 28.1 Å². The van der Waals surface area contributed by atoms with Crippen molar-refractivity contribution < 1.29 is 4.74 Å². The summed E-state index contributed by atoms with van der Waals surface area (Å²) < 4.78 is 5.20. The van der Waals surface area contributed by atoms with E-state index in [-0.39, 0.29) is 0 Å². The average molecular weight is 279 g/mol. The Morgan fingerprint density at radius 3 is 2.48 bits per heavy atom. The minimum absolute atomic E-state index is 0.644. The number of ether oxygens (including phenoxy) is 1. The maximum Gasteiger partial charge on any atom is 0.118 e. The van der Waals surface area contributed by atoms with Crippen LogP contribution in [0.25, 0.3) is 22.4 Å². The number of methoxy groups -OCH3 is 1. The number of nitrogens with zero attached hydrogens (tertiary/aromatic N) is 1. The van der Waals surface area contributed by atoms with Crippen LogP contribution in [0.1, 0.15) is 5.69 Å². The number of nitrogen functional groups attached to an aromatic ring is 1. The molecule has 0 fully saturated rings. The van der Waals surface area contributed by atoms with E-state index >= 15 is 0 Å². The summed E-state index contributed by atoms with van der Waals surface area (Å²) >= 11 is 0. The lowest BCUT2D eigenvalue weighted by Gasteiger charge is -2.06. The Bertz CT molecular complexity index is 760. The van der Waals surface area contributed by atoms with Crippen LogP contribution in [0, 0.1) is 6.92 Å². The normalized spacial score (nSPS) is 10.6. The summed E-state index contributed by atoms with van der Waals surface area (Å²) in [5, 5.41) is 0. The van der Waals surface area contributed by atoms with Gasteiger partial charge in [-0.25, -0.2) is 0 Å². The van der Waals surface area contributed by atoms with Crippen LogP contribution in [0.4, 0.5) is 5.82 Å². The molecule has 0 saturated carbocycles. The summed E-state index contributed by atoms with van der Waals surface area (Å²) in [4.78, 5) is 7.47. The molecule has 0 aliphatic rings. The Balaban J connectivity index is 2.10. The fourth-order valence-electron chi connectivity index (χ4n) is 2.40. The van der Waals surface area contributed by atoms with Crippen molar-refractivity contribution in [1.82, 2.24) is 9.97 Å². The fraction of sp³-hybridized carbons (Fsp3) is 0.118. The standard InChI is InChI=1S/C17H17N3O/c1-11-9-13(7-8-19-11)17-15(10-16(18)20-17)12-3-5-14(21-2)6-4-12/h3-10,20H,18H2,1-2H3. The summed E-state index contributed by atoms with van der Waals surface area (Å²) in [6, 6.07) is 13.9. The molecule has 0 aliphatic carbocycles. The number of hydrogen-bond donors (Lipinski definition) is 2. The molecule has 0 unspecified atom stereocenters. The van der Waals surface area contributed by atoms with Gasteiger partial charge in [0.2, 0.25) is 0 Å². The first kappa shape index (κ1) is 13.2. The van der Waals surface area contributed by atoms with Crippen LogP contribution >= 0.6 is 0 Å². The smallest absolute Gasteiger partial charge is 0.118 e. The van der Waals surface area contributed by atoms with Crippen molar-refractivity contribution in [2.75, 3.05) is 12.8 Å². The van der Waals surface area contributed by atoms with E-state index in [1.807, 2.05) is 49.4 Å². The summed E-state index contributed by atoms with van der Waals surface area (Å²) in [5.41, 5.74) is 11.2. The minimum atomic E-state index is 0.644. The van der Waals surface area contributed by atoms with Crippen molar-refractivity contribution in [3.05, 3.63) is 54.4 Å². The molecule has 0 amide bonds. The number of H-pyrrole nitrogens is 1. The maximum atomic E-state index is 5.95. The highest BCUT2D eigenvalue weighted by Gasteiger charge is 2.11. The maximum absolute atomic E-state index is 5.95. The third-order valence-electron chi connectivity index (χ3n) is 3.42. The zero-order valence-corrected chi connectivity index (χ0v) is 12.1. The third-order valence-corrected chi connectivity index (χ3v) is 3.42. The van der Waals surface area contributed by atoms with Crippen LogP contribution in [0.5, 0.6) is 5.75 Å². The van der Waals surface area contributed by atoms with E-state index in [4.69, 9.17) is 10.5 Å². The molecule has 0 saturated heterocycles. The van der Waals surface area contributed by atoms with Crippen molar-refractivity contribution in [1.29, 1.82) is 0 Å². The van der Waals surface area contributed by atoms with E-state index < -0.39 is 0 Å². The minimum Gasteiger partial charge on any atom is -0.497 e. The van der Waals surface area contributed by atoms with Gasteiger partial charge >= 0.3 is 0 Å². The molecule has 0 radical (unpaired) electrons. The predicted octanol–water partition coefficient (Wildman–Crippen LogP) is 3.64. The van der Waals surface area contributed by atoms with Gasteiger partial charge in [-0.1, -0.05) is 12.1 Å². The van der Waals surface area contributed by atoms with Crippen LogP contribution in [-0.4, -0.2) is 17.1 Å². The number of aryl methyl sites for hydroxylation is 1. The molecule has 0 bridgehead atoms. The molecule has 2 aromatic heterocycles. The molecule has 2 heterocycles. The van der Waals surface area contributed by atoms with E-state index in [2.05, 4.69) is 9.97 Å². The fourth-order valence-corrected chi connectivity index (χ4v) is 2.40. The molecular formula is C17H17N3O. The average Bonchev–Trinajstić information content (AvgIpc) is 2.89. The molecule has 0 atom stereocenters. The summed E-state index contributed by atoms with van der Waals surface area (Å²) in [6.45, 7) is 1.98. The Labute approximate surface area is 123 Å². The first-order valence-electron chi connectivity index (χ1n) is 6.73. The van der Waals surface area contributed by atoms with E-state index in [9.17, 15) is 0 Å². The number of nitrogens with two attached hydrogens (primary N) is 1. The predicted molar refractivity (Wildman–Crippen MR) is 85.2 cm³/mol. The van der Waals surface area contributed by atoms with Gasteiger partial charge in [0.25, 0.3) is 0 Å². The second-order valence-electron chi connectivity index (χ2n) is 4.93. The molecule has 3 rings (SSSR count). The van der Waals surface area contributed by atoms with Gasteiger partial charge in [0.1, 0.15) is 11.6 Å². The Morgan fingerprint density at radius 2 is 1.81 bits per heavy atom. The van der Waals surface area contributed by atoms with E-state index in [1.54, 1.807) is 13.3 Å². The highest BCUT2D eigenvalue weighted by Crippen LogP contribution is 2.34. The number of anilines is 1. The van der Waals surface area contributed by atoms with Crippen molar-refractivity contribution in [3.63, 3.8) is 0 Å². The van der Waals surface area contributed by atoms with Crippen molar-refractivity contribution in [2.45, 2.75) is 6.92 Å². The Morgan fingerprint density at radius 1 is 1.05 bits per heavy atom. The number of rotatable bonds is 3. The van der Waals surface area contributed by atoms with Gasteiger partial charge in [0.15, 0.2) is 0 Å². The first-order chi connectivity index (χ1) is 10.2. The zero-order chi connectivity index (χ0) is 14.8. The van der Waals surface area contributed by atoms with Crippen molar-refractivity contribution >= 4 is 5.82 Å². The third kappa shape index (κ3) is 2.60. The summed E-state index contributed by atoms with van der Waals surface area (Å²) in [5.74, 6) is 1.48. The van der Waals surface area contributed by atoms with Crippen LogP contribution < -0.4 is 10.5 Å². The van der Waals surface area contributed by atoms with Gasteiger partial charge in [-0.2, -0.15) is 0 Å². The number of pyridine rings is 1. The first-order valence-corrected chi connectivity index (χ1v) is 6.73. The van der Waals surface area contributed by atoms with E-state index in [0.717, 1.165) is 33.8 Å². The summed E-state index contributed by atoms with van der Waals surface area (Å²) in [6.07, 6.45) is 1.81. The summed E-state index contributed by atoms with van der Waals surface area (Å²) in [7, 11) is 1.66. The van der Waals surface area contributed by atoms with Gasteiger partial charge in [-0.05, 0) is 42.8 Å². The van der Waals surface area contributed by atoms with Gasteiger partial charge in [0.05, 0.1) is 12.8 Å². The van der Waals surface area contributed by atoms with Gasteiger partial charge in [0, 0.05) is 23.0 Å². The van der Waals surface area contributed by atoms with E-state index in [0.29, 0.717) is 5.82 Å². The Kier molecular flexibility index (Phi) is 3.36. The molecule has 0 aliphatic heterocycles. The monoisotopic (exact) mass is 279 g/mol. The number of hydrogen-bond acceptors (Lipinski definition) is 3. The largest absolute Gasteiger partial charge is 0.497 e. The molecule has 3 aromatic rings. The molecule has 4 heteroatoms. The van der Waals surface area contributed by atoms with Gasteiger partial charge < -0.3 is 15.5 Å². The number of nitrogens with one attached hydrogen (secondary N) is 1. The lowest BCUT2D eigenvalue weighted by atomic mass is 10.0. The Hall–Kier alpha value is -2.75. The lowest BCUT2D eigenvalue weighted by Crippen LogP contribution is -1.87. The molecule has 1 aromatic carbocycles. The molecule has 4 nitrogen and oxygen atoms in total. The van der Waals surface area contributed by atoms with Gasteiger partial charge in [-0.15, -0.1) is 0 Å². The molecule has 106 valence electrons. The van der Waals surface area contributed by atoms with Crippen LogP contribution in [0.15, 0.2) is 48.7 Å². The molecule has 0 spiro atoms. The van der Waals surface area contributed by atoms with Crippen LogP contribution in [0.2, 0.25) is 0 Å². The second-order valence-corrected chi connectivity index (χ2v) is 4.93. The van der Waals surface area contributed by atoms with Crippen LogP contribution in [0.3, 0.4) is 0 Å². The molecular weight excluding hydrogens is 262 g/mol. The second kappa shape index (κ2) is 5.32. The van der Waals surface area contributed by atoms with E-state index in [1.165, 1.54) is 0 Å². The molecule has 21 heavy (non-hydrogen) atoms.